The van der Waals surface area contributed by atoms with Gasteiger partial charge in [-0.15, -0.1) is 0 Å². The number of rotatable bonds is 7. The van der Waals surface area contributed by atoms with Gasteiger partial charge in [0.2, 0.25) is 0 Å². The molecule has 0 fully saturated rings. The maximum atomic E-state index is 6.22. The highest BCUT2D eigenvalue weighted by Gasteiger charge is 2.14. The lowest BCUT2D eigenvalue weighted by atomic mass is 10.2. The highest BCUT2D eigenvalue weighted by Crippen LogP contribution is 2.37. The first-order valence-corrected chi connectivity index (χ1v) is 6.16. The largest absolute Gasteiger partial charge is 0.493 e. The highest BCUT2D eigenvalue weighted by atomic mass is 35.5. The maximum absolute atomic E-state index is 6.22. The van der Waals surface area contributed by atoms with Gasteiger partial charge in [0.1, 0.15) is 6.10 Å². The number of halogens is 1. The Morgan fingerprint density at radius 2 is 2.06 bits per heavy atom. The molecule has 0 aromatic heterocycles. The number of ether oxygens (including phenoxy) is 3. The van der Waals surface area contributed by atoms with Gasteiger partial charge in [0.15, 0.2) is 11.5 Å². The first-order valence-electron chi connectivity index (χ1n) is 5.79. The van der Waals surface area contributed by atoms with Crippen LogP contribution in [0.5, 0.6) is 11.5 Å². The van der Waals surface area contributed by atoms with Crippen molar-refractivity contribution < 1.29 is 14.2 Å². The standard InChI is InChI=1S/C13H20ClNO3/c1-9(8-16-3)18-13-11(14)5-10(7-15-2)6-12(13)17-4/h5-6,9,15H,7-8H2,1-4H3. The summed E-state index contributed by atoms with van der Waals surface area (Å²) in [4.78, 5) is 0. The molecule has 1 rings (SSSR count). The Labute approximate surface area is 113 Å². The molecule has 0 heterocycles. The van der Waals surface area contributed by atoms with Crippen molar-refractivity contribution in [2.45, 2.75) is 19.6 Å². The van der Waals surface area contributed by atoms with Crippen LogP contribution in [0.3, 0.4) is 0 Å². The van der Waals surface area contributed by atoms with Crippen LogP contribution in [0.25, 0.3) is 0 Å². The zero-order valence-electron chi connectivity index (χ0n) is 11.2. The van der Waals surface area contributed by atoms with Gasteiger partial charge in [-0.05, 0) is 31.7 Å². The van der Waals surface area contributed by atoms with Crippen molar-refractivity contribution in [2.75, 3.05) is 27.9 Å². The summed E-state index contributed by atoms with van der Waals surface area (Å²) in [5, 5.41) is 3.61. The normalized spacial score (nSPS) is 12.3. The van der Waals surface area contributed by atoms with E-state index in [2.05, 4.69) is 5.32 Å². The van der Waals surface area contributed by atoms with Crippen LogP contribution in [0.2, 0.25) is 5.02 Å². The number of methoxy groups -OCH3 is 2. The predicted octanol–water partition coefficient (Wildman–Crippen LogP) is 2.48. The Morgan fingerprint density at radius 1 is 1.33 bits per heavy atom. The van der Waals surface area contributed by atoms with E-state index in [1.807, 2.05) is 26.1 Å². The second kappa shape index (κ2) is 7.46. The Balaban J connectivity index is 2.95. The van der Waals surface area contributed by atoms with Gasteiger partial charge in [0.25, 0.3) is 0 Å². The van der Waals surface area contributed by atoms with Gasteiger partial charge < -0.3 is 19.5 Å². The third-order valence-electron chi connectivity index (χ3n) is 2.39. The molecule has 0 bridgehead atoms. The summed E-state index contributed by atoms with van der Waals surface area (Å²) in [6.45, 7) is 3.14. The minimum Gasteiger partial charge on any atom is -0.493 e. The minimum atomic E-state index is -0.0865. The fourth-order valence-corrected chi connectivity index (χ4v) is 1.94. The van der Waals surface area contributed by atoms with E-state index in [0.29, 0.717) is 23.1 Å². The van der Waals surface area contributed by atoms with E-state index in [-0.39, 0.29) is 6.10 Å². The van der Waals surface area contributed by atoms with Crippen LogP contribution in [-0.4, -0.2) is 34.0 Å². The number of benzene rings is 1. The number of nitrogens with one attached hydrogen (secondary N) is 1. The van der Waals surface area contributed by atoms with Crippen LogP contribution in [-0.2, 0) is 11.3 Å². The van der Waals surface area contributed by atoms with E-state index in [4.69, 9.17) is 25.8 Å². The second-order valence-electron chi connectivity index (χ2n) is 4.02. The van der Waals surface area contributed by atoms with Crippen LogP contribution in [0.15, 0.2) is 12.1 Å². The van der Waals surface area contributed by atoms with E-state index in [1.165, 1.54) is 0 Å². The lowest BCUT2D eigenvalue weighted by molar-refractivity contribution is 0.0900. The van der Waals surface area contributed by atoms with Gasteiger partial charge in [-0.25, -0.2) is 0 Å². The number of hydrogen-bond donors (Lipinski definition) is 1. The maximum Gasteiger partial charge on any atom is 0.180 e. The molecule has 0 amide bonds. The van der Waals surface area contributed by atoms with Crippen LogP contribution < -0.4 is 14.8 Å². The Hall–Kier alpha value is -0.970. The van der Waals surface area contributed by atoms with Crippen LogP contribution in [0, 0.1) is 0 Å². The zero-order chi connectivity index (χ0) is 13.5. The third-order valence-corrected chi connectivity index (χ3v) is 2.67. The molecule has 0 spiro atoms. The molecule has 1 unspecified atom stereocenters. The summed E-state index contributed by atoms with van der Waals surface area (Å²) in [6.07, 6.45) is -0.0865. The molecule has 0 aliphatic rings. The summed E-state index contributed by atoms with van der Waals surface area (Å²) in [5.74, 6) is 1.19. The van der Waals surface area contributed by atoms with Gasteiger partial charge in [-0.3, -0.25) is 0 Å². The van der Waals surface area contributed by atoms with E-state index < -0.39 is 0 Å². The predicted molar refractivity (Wildman–Crippen MR) is 72.7 cm³/mol. The molecule has 4 nitrogen and oxygen atoms in total. The molecule has 102 valence electrons. The SMILES string of the molecule is CNCc1cc(Cl)c(OC(C)COC)c(OC)c1. The Morgan fingerprint density at radius 3 is 2.61 bits per heavy atom. The van der Waals surface area contributed by atoms with E-state index in [0.717, 1.165) is 12.1 Å². The van der Waals surface area contributed by atoms with Crippen LogP contribution in [0.1, 0.15) is 12.5 Å². The van der Waals surface area contributed by atoms with Crippen molar-refractivity contribution in [1.82, 2.24) is 5.32 Å². The monoisotopic (exact) mass is 273 g/mol. The van der Waals surface area contributed by atoms with Gasteiger partial charge >= 0.3 is 0 Å². The molecular weight excluding hydrogens is 254 g/mol. The first-order chi connectivity index (χ1) is 8.62. The van der Waals surface area contributed by atoms with Crippen LogP contribution in [0.4, 0.5) is 0 Å². The highest BCUT2D eigenvalue weighted by molar-refractivity contribution is 6.32. The average molecular weight is 274 g/mol. The van der Waals surface area contributed by atoms with Gasteiger partial charge in [0, 0.05) is 13.7 Å². The fraction of sp³-hybridized carbons (Fsp3) is 0.538. The summed E-state index contributed by atoms with van der Waals surface area (Å²) in [7, 11) is 5.11. The molecule has 5 heteroatoms. The van der Waals surface area contributed by atoms with Crippen LogP contribution >= 0.6 is 11.6 Å². The fourth-order valence-electron chi connectivity index (χ4n) is 1.66. The summed E-state index contributed by atoms with van der Waals surface area (Å²) in [5.41, 5.74) is 1.05. The molecule has 1 N–H and O–H groups in total. The van der Waals surface area contributed by atoms with Gasteiger partial charge in [-0.2, -0.15) is 0 Å². The van der Waals surface area contributed by atoms with Crippen molar-refractivity contribution in [2.24, 2.45) is 0 Å². The zero-order valence-corrected chi connectivity index (χ0v) is 12.0. The molecule has 0 saturated carbocycles. The third kappa shape index (κ3) is 4.05. The van der Waals surface area contributed by atoms with Crippen molar-refractivity contribution in [3.63, 3.8) is 0 Å². The van der Waals surface area contributed by atoms with E-state index >= 15 is 0 Å². The first kappa shape index (κ1) is 15.1. The number of hydrogen-bond acceptors (Lipinski definition) is 4. The van der Waals surface area contributed by atoms with Gasteiger partial charge in [-0.1, -0.05) is 11.6 Å². The topological polar surface area (TPSA) is 39.7 Å². The molecule has 0 saturated heterocycles. The van der Waals surface area contributed by atoms with E-state index in [9.17, 15) is 0 Å². The summed E-state index contributed by atoms with van der Waals surface area (Å²) in [6, 6.07) is 3.78. The molecule has 0 aliphatic carbocycles. The second-order valence-corrected chi connectivity index (χ2v) is 4.43. The molecular formula is C13H20ClNO3. The van der Waals surface area contributed by atoms with E-state index in [1.54, 1.807) is 14.2 Å². The molecule has 18 heavy (non-hydrogen) atoms. The quantitative estimate of drug-likeness (QED) is 0.829. The molecule has 0 radical (unpaired) electrons. The van der Waals surface area contributed by atoms with Crippen molar-refractivity contribution >= 4 is 11.6 Å². The summed E-state index contributed by atoms with van der Waals surface area (Å²) < 4.78 is 16.1. The Kier molecular flexibility index (Phi) is 6.25. The lowest BCUT2D eigenvalue weighted by Crippen LogP contribution is -2.18. The lowest BCUT2D eigenvalue weighted by Gasteiger charge is -2.18. The minimum absolute atomic E-state index is 0.0865. The Bertz CT molecular complexity index is 385. The van der Waals surface area contributed by atoms with Crippen molar-refractivity contribution in [3.8, 4) is 11.5 Å². The van der Waals surface area contributed by atoms with Crippen molar-refractivity contribution in [1.29, 1.82) is 0 Å². The molecule has 1 aromatic carbocycles. The molecule has 0 aliphatic heterocycles. The summed E-state index contributed by atoms with van der Waals surface area (Å²) >= 11 is 6.22. The van der Waals surface area contributed by atoms with Gasteiger partial charge in [0.05, 0.1) is 18.7 Å². The average Bonchev–Trinajstić information content (AvgIpc) is 2.33. The molecule has 1 atom stereocenters. The molecule has 1 aromatic rings. The van der Waals surface area contributed by atoms with Crippen molar-refractivity contribution in [3.05, 3.63) is 22.7 Å². The smallest absolute Gasteiger partial charge is 0.180 e.